The van der Waals surface area contributed by atoms with E-state index in [9.17, 15) is 4.39 Å². The molecular formula is C11H12FNOS. The van der Waals surface area contributed by atoms with E-state index in [1.807, 2.05) is 6.07 Å². The van der Waals surface area contributed by atoms with Crippen LogP contribution in [0.4, 0.5) is 4.39 Å². The molecule has 0 heterocycles. The molecule has 0 fully saturated rings. The molecular weight excluding hydrogens is 213 g/mol. The van der Waals surface area contributed by atoms with E-state index in [4.69, 9.17) is 10.00 Å². The fourth-order valence-corrected chi connectivity index (χ4v) is 1.92. The van der Waals surface area contributed by atoms with Crippen LogP contribution in [0.15, 0.2) is 23.1 Å². The SMILES string of the molecule is COCCCSc1ccc(C#N)cc1F. The van der Waals surface area contributed by atoms with Crippen molar-refractivity contribution < 1.29 is 9.13 Å². The Hall–Kier alpha value is -1.05. The van der Waals surface area contributed by atoms with Crippen LogP contribution in [0.3, 0.4) is 0 Å². The highest BCUT2D eigenvalue weighted by atomic mass is 32.2. The van der Waals surface area contributed by atoms with Crippen LogP contribution in [0.2, 0.25) is 0 Å². The lowest BCUT2D eigenvalue weighted by atomic mass is 10.2. The Labute approximate surface area is 93.1 Å². The maximum absolute atomic E-state index is 13.3. The van der Waals surface area contributed by atoms with Gasteiger partial charge in [-0.25, -0.2) is 4.39 Å². The third kappa shape index (κ3) is 3.90. The van der Waals surface area contributed by atoms with Gasteiger partial charge in [-0.1, -0.05) is 0 Å². The summed E-state index contributed by atoms with van der Waals surface area (Å²) in [5, 5.41) is 8.56. The average Bonchev–Trinajstić information content (AvgIpc) is 2.26. The van der Waals surface area contributed by atoms with Crippen molar-refractivity contribution in [3.05, 3.63) is 29.6 Å². The Kier molecular flexibility index (Phi) is 5.16. The molecule has 1 aromatic rings. The van der Waals surface area contributed by atoms with Crippen LogP contribution >= 0.6 is 11.8 Å². The molecule has 0 spiro atoms. The molecule has 0 aromatic heterocycles. The Morgan fingerprint density at radius 3 is 2.93 bits per heavy atom. The maximum atomic E-state index is 13.3. The van der Waals surface area contributed by atoms with Crippen LogP contribution in [0.5, 0.6) is 0 Å². The van der Waals surface area contributed by atoms with Crippen LogP contribution < -0.4 is 0 Å². The highest BCUT2D eigenvalue weighted by molar-refractivity contribution is 7.99. The van der Waals surface area contributed by atoms with Crippen molar-refractivity contribution in [3.8, 4) is 6.07 Å². The first kappa shape index (κ1) is 12.0. The number of ether oxygens (including phenoxy) is 1. The zero-order valence-corrected chi connectivity index (χ0v) is 9.31. The van der Waals surface area contributed by atoms with Gasteiger partial charge in [0, 0.05) is 24.4 Å². The van der Waals surface area contributed by atoms with Crippen molar-refractivity contribution in [2.45, 2.75) is 11.3 Å². The quantitative estimate of drug-likeness (QED) is 0.570. The zero-order valence-electron chi connectivity index (χ0n) is 8.50. The third-order valence-electron chi connectivity index (χ3n) is 1.81. The van der Waals surface area contributed by atoms with Crippen LogP contribution in [-0.4, -0.2) is 19.5 Å². The highest BCUT2D eigenvalue weighted by Crippen LogP contribution is 2.22. The van der Waals surface area contributed by atoms with Crippen LogP contribution in [0.25, 0.3) is 0 Å². The van der Waals surface area contributed by atoms with E-state index in [-0.39, 0.29) is 5.82 Å². The summed E-state index contributed by atoms with van der Waals surface area (Å²) in [6, 6.07) is 6.44. The summed E-state index contributed by atoms with van der Waals surface area (Å²) in [4.78, 5) is 0.588. The fraction of sp³-hybridized carbons (Fsp3) is 0.364. The number of thioether (sulfide) groups is 1. The molecule has 0 amide bonds. The molecule has 15 heavy (non-hydrogen) atoms. The van der Waals surface area contributed by atoms with Crippen molar-refractivity contribution in [1.29, 1.82) is 5.26 Å². The molecule has 0 atom stereocenters. The van der Waals surface area contributed by atoms with E-state index in [0.717, 1.165) is 12.2 Å². The van der Waals surface area contributed by atoms with E-state index in [2.05, 4.69) is 0 Å². The second-order valence-corrected chi connectivity index (χ2v) is 4.09. The minimum atomic E-state index is -0.323. The number of rotatable bonds is 5. The third-order valence-corrected chi connectivity index (χ3v) is 2.95. The van der Waals surface area contributed by atoms with E-state index >= 15 is 0 Å². The summed E-state index contributed by atoms with van der Waals surface area (Å²) < 4.78 is 18.2. The lowest BCUT2D eigenvalue weighted by Crippen LogP contribution is -1.91. The summed E-state index contributed by atoms with van der Waals surface area (Å²) in [6.07, 6.45) is 0.889. The van der Waals surface area contributed by atoms with Gasteiger partial charge in [0.05, 0.1) is 11.6 Å². The largest absolute Gasteiger partial charge is 0.385 e. The number of hydrogen-bond donors (Lipinski definition) is 0. The van der Waals surface area contributed by atoms with Gasteiger partial charge in [-0.2, -0.15) is 5.26 Å². The summed E-state index contributed by atoms with van der Waals surface area (Å²) in [6.45, 7) is 0.685. The van der Waals surface area contributed by atoms with Gasteiger partial charge in [-0.05, 0) is 24.6 Å². The standard InChI is InChI=1S/C11H12FNOS/c1-14-5-2-6-15-11-4-3-9(8-13)7-10(11)12/h3-4,7H,2,5-6H2,1H3. The van der Waals surface area contributed by atoms with Crippen LogP contribution in [0.1, 0.15) is 12.0 Å². The number of methoxy groups -OCH3 is 1. The molecule has 1 aromatic carbocycles. The second kappa shape index (κ2) is 6.44. The number of nitriles is 1. The molecule has 80 valence electrons. The Balaban J connectivity index is 2.52. The molecule has 0 N–H and O–H groups in total. The second-order valence-electron chi connectivity index (χ2n) is 2.95. The van der Waals surface area contributed by atoms with Crippen molar-refractivity contribution in [3.63, 3.8) is 0 Å². The van der Waals surface area contributed by atoms with Gasteiger partial charge in [0.15, 0.2) is 0 Å². The first-order valence-electron chi connectivity index (χ1n) is 4.59. The van der Waals surface area contributed by atoms with Gasteiger partial charge < -0.3 is 4.74 Å². The highest BCUT2D eigenvalue weighted by Gasteiger charge is 2.03. The van der Waals surface area contributed by atoms with Gasteiger partial charge in [0.2, 0.25) is 0 Å². The molecule has 0 aliphatic rings. The van der Waals surface area contributed by atoms with Gasteiger partial charge in [-0.3, -0.25) is 0 Å². The number of benzene rings is 1. The van der Waals surface area contributed by atoms with E-state index in [0.29, 0.717) is 17.1 Å². The molecule has 4 heteroatoms. The van der Waals surface area contributed by atoms with Crippen LogP contribution in [-0.2, 0) is 4.74 Å². The van der Waals surface area contributed by atoms with Gasteiger partial charge >= 0.3 is 0 Å². The predicted octanol–water partition coefficient (Wildman–Crippen LogP) is 2.83. The molecule has 0 saturated carbocycles. The van der Waals surface area contributed by atoms with E-state index in [1.54, 1.807) is 19.2 Å². The smallest absolute Gasteiger partial charge is 0.138 e. The summed E-state index contributed by atoms with van der Waals surface area (Å²) in [5.41, 5.74) is 0.355. The first-order chi connectivity index (χ1) is 7.27. The average molecular weight is 225 g/mol. The fourth-order valence-electron chi connectivity index (χ4n) is 1.07. The van der Waals surface area contributed by atoms with Gasteiger partial charge in [0.25, 0.3) is 0 Å². The molecule has 0 saturated heterocycles. The Bertz CT molecular complexity index is 362. The minimum absolute atomic E-state index is 0.323. The zero-order chi connectivity index (χ0) is 11.1. The number of halogens is 1. The minimum Gasteiger partial charge on any atom is -0.385 e. The maximum Gasteiger partial charge on any atom is 0.138 e. The first-order valence-corrected chi connectivity index (χ1v) is 5.58. The van der Waals surface area contributed by atoms with Crippen molar-refractivity contribution in [2.75, 3.05) is 19.5 Å². The van der Waals surface area contributed by atoms with E-state index in [1.165, 1.54) is 17.8 Å². The van der Waals surface area contributed by atoms with Crippen molar-refractivity contribution in [2.24, 2.45) is 0 Å². The molecule has 0 radical (unpaired) electrons. The molecule has 0 unspecified atom stereocenters. The summed E-state index contributed by atoms with van der Waals surface area (Å²) in [5.74, 6) is 0.493. The predicted molar refractivity (Wildman–Crippen MR) is 58.3 cm³/mol. The monoisotopic (exact) mass is 225 g/mol. The normalized spacial score (nSPS) is 9.93. The van der Waals surface area contributed by atoms with Crippen molar-refractivity contribution >= 4 is 11.8 Å². The molecule has 0 aliphatic carbocycles. The number of nitrogens with zero attached hydrogens (tertiary/aromatic N) is 1. The summed E-state index contributed by atoms with van der Waals surface area (Å²) in [7, 11) is 1.65. The van der Waals surface area contributed by atoms with Crippen LogP contribution in [0, 0.1) is 17.1 Å². The van der Waals surface area contributed by atoms with Gasteiger partial charge in [0.1, 0.15) is 5.82 Å². The molecule has 0 bridgehead atoms. The lowest BCUT2D eigenvalue weighted by Gasteiger charge is -2.02. The lowest BCUT2D eigenvalue weighted by molar-refractivity contribution is 0.200. The Morgan fingerprint density at radius 1 is 1.53 bits per heavy atom. The molecule has 1 rings (SSSR count). The molecule has 0 aliphatic heterocycles. The van der Waals surface area contributed by atoms with E-state index < -0.39 is 0 Å². The number of hydrogen-bond acceptors (Lipinski definition) is 3. The summed E-state index contributed by atoms with van der Waals surface area (Å²) >= 11 is 1.44. The Morgan fingerprint density at radius 2 is 2.33 bits per heavy atom. The topological polar surface area (TPSA) is 33.0 Å². The van der Waals surface area contributed by atoms with Gasteiger partial charge in [-0.15, -0.1) is 11.8 Å². The van der Waals surface area contributed by atoms with Crippen molar-refractivity contribution in [1.82, 2.24) is 0 Å². The molecule has 2 nitrogen and oxygen atoms in total.